The van der Waals surface area contributed by atoms with E-state index in [9.17, 15) is 4.79 Å². The van der Waals surface area contributed by atoms with E-state index in [0.717, 1.165) is 35.4 Å². The number of aryl methyl sites for hydroxylation is 2. The first-order valence-electron chi connectivity index (χ1n) is 7.32. The Morgan fingerprint density at radius 3 is 2.96 bits per heavy atom. The molecular formula is C16H17N3O2S2. The maximum absolute atomic E-state index is 12.1. The molecule has 23 heavy (non-hydrogen) atoms. The van der Waals surface area contributed by atoms with Crippen molar-refractivity contribution in [2.24, 2.45) is 0 Å². The van der Waals surface area contributed by atoms with Gasteiger partial charge in [0.15, 0.2) is 5.11 Å². The Hall–Kier alpha value is -1.99. The molecule has 1 aliphatic carbocycles. The fraction of sp³-hybridized carbons (Fsp3) is 0.312. The predicted octanol–water partition coefficient (Wildman–Crippen LogP) is 3.54. The monoisotopic (exact) mass is 347 g/mol. The minimum Gasteiger partial charge on any atom is -0.465 e. The number of nitrogens with one attached hydrogen (secondary N) is 2. The fourth-order valence-electron chi connectivity index (χ4n) is 2.67. The second kappa shape index (κ2) is 6.64. The van der Waals surface area contributed by atoms with E-state index in [2.05, 4.69) is 15.6 Å². The molecule has 0 saturated heterocycles. The van der Waals surface area contributed by atoms with E-state index in [1.807, 2.05) is 19.1 Å². The predicted molar refractivity (Wildman–Crippen MR) is 96.5 cm³/mol. The van der Waals surface area contributed by atoms with E-state index in [0.29, 0.717) is 16.5 Å². The number of hydrogen-bond donors (Lipinski definition) is 2. The summed E-state index contributed by atoms with van der Waals surface area (Å²) < 4.78 is 4.93. The smallest absolute Gasteiger partial charge is 0.341 e. The standard InChI is InChI=1S/C16H17N3O2S2/c1-9-6-7-17-12(8-9)18-16(22)19-14-13(15(20)21-2)10-4-3-5-11(10)23-14/h6-8H,3-5H2,1-2H3,(H2,17,18,19,22). The number of hydrogen-bond acceptors (Lipinski definition) is 5. The summed E-state index contributed by atoms with van der Waals surface area (Å²) in [5, 5.41) is 7.32. The Kier molecular flexibility index (Phi) is 4.58. The molecule has 120 valence electrons. The molecule has 0 spiro atoms. The van der Waals surface area contributed by atoms with Crippen LogP contribution >= 0.6 is 23.6 Å². The highest BCUT2D eigenvalue weighted by Crippen LogP contribution is 2.39. The van der Waals surface area contributed by atoms with Crippen molar-refractivity contribution in [2.75, 3.05) is 17.7 Å². The summed E-state index contributed by atoms with van der Waals surface area (Å²) in [5.74, 6) is 0.356. The lowest BCUT2D eigenvalue weighted by Gasteiger charge is -2.11. The van der Waals surface area contributed by atoms with Crippen LogP contribution in [0.1, 0.15) is 32.8 Å². The number of fused-ring (bicyclic) bond motifs is 1. The van der Waals surface area contributed by atoms with Crippen molar-refractivity contribution in [3.05, 3.63) is 39.9 Å². The molecule has 0 saturated carbocycles. The summed E-state index contributed by atoms with van der Waals surface area (Å²) in [5.41, 5.74) is 2.81. The van der Waals surface area contributed by atoms with Crippen molar-refractivity contribution in [1.29, 1.82) is 0 Å². The van der Waals surface area contributed by atoms with Crippen molar-refractivity contribution in [2.45, 2.75) is 26.2 Å². The Bertz CT molecular complexity index is 771. The van der Waals surface area contributed by atoms with Gasteiger partial charge in [0.1, 0.15) is 10.8 Å². The Morgan fingerprint density at radius 1 is 1.39 bits per heavy atom. The zero-order chi connectivity index (χ0) is 16.4. The molecule has 0 radical (unpaired) electrons. The first-order chi connectivity index (χ1) is 11.1. The molecular weight excluding hydrogens is 330 g/mol. The van der Waals surface area contributed by atoms with Crippen molar-refractivity contribution >= 4 is 45.5 Å². The molecule has 0 amide bonds. The van der Waals surface area contributed by atoms with Gasteiger partial charge < -0.3 is 15.4 Å². The number of methoxy groups -OCH3 is 1. The molecule has 0 fully saturated rings. The maximum Gasteiger partial charge on any atom is 0.341 e. The molecule has 7 heteroatoms. The van der Waals surface area contributed by atoms with Crippen LogP contribution in [0.25, 0.3) is 0 Å². The van der Waals surface area contributed by atoms with Gasteiger partial charge in [-0.3, -0.25) is 0 Å². The highest BCUT2D eigenvalue weighted by molar-refractivity contribution is 7.80. The SMILES string of the molecule is COC(=O)c1c(NC(=S)Nc2cc(C)ccn2)sc2c1CCC2. The normalized spacial score (nSPS) is 12.6. The summed E-state index contributed by atoms with van der Waals surface area (Å²) in [6.07, 6.45) is 4.73. The van der Waals surface area contributed by atoms with Gasteiger partial charge in [0, 0.05) is 11.1 Å². The minimum atomic E-state index is -0.316. The van der Waals surface area contributed by atoms with Crippen LogP contribution in [-0.2, 0) is 17.6 Å². The van der Waals surface area contributed by atoms with Crippen LogP contribution in [-0.4, -0.2) is 23.2 Å². The quantitative estimate of drug-likeness (QED) is 0.654. The van der Waals surface area contributed by atoms with E-state index in [1.54, 1.807) is 17.5 Å². The maximum atomic E-state index is 12.1. The Morgan fingerprint density at radius 2 is 2.22 bits per heavy atom. The molecule has 0 atom stereocenters. The lowest BCUT2D eigenvalue weighted by molar-refractivity contribution is 0.0601. The van der Waals surface area contributed by atoms with Crippen LogP contribution in [0, 0.1) is 6.92 Å². The summed E-state index contributed by atoms with van der Waals surface area (Å²) in [4.78, 5) is 17.6. The van der Waals surface area contributed by atoms with Gasteiger partial charge in [-0.2, -0.15) is 0 Å². The second-order valence-electron chi connectivity index (χ2n) is 5.35. The number of carbonyl (C=O) groups is 1. The zero-order valence-corrected chi connectivity index (χ0v) is 14.6. The van der Waals surface area contributed by atoms with Gasteiger partial charge >= 0.3 is 5.97 Å². The number of nitrogens with zero attached hydrogens (tertiary/aromatic N) is 1. The van der Waals surface area contributed by atoms with Gasteiger partial charge in [-0.25, -0.2) is 9.78 Å². The van der Waals surface area contributed by atoms with Gasteiger partial charge in [0.25, 0.3) is 0 Å². The molecule has 5 nitrogen and oxygen atoms in total. The number of ether oxygens (including phenoxy) is 1. The molecule has 0 aliphatic heterocycles. The molecule has 0 unspecified atom stereocenters. The van der Waals surface area contributed by atoms with E-state index in [-0.39, 0.29) is 5.97 Å². The number of esters is 1. The summed E-state index contributed by atoms with van der Waals surface area (Å²) in [6.45, 7) is 1.99. The molecule has 3 rings (SSSR count). The van der Waals surface area contributed by atoms with Gasteiger partial charge in [0.2, 0.25) is 0 Å². The third-order valence-corrected chi connectivity index (χ3v) is 5.11. The molecule has 2 heterocycles. The number of thiocarbonyl (C=S) groups is 1. The van der Waals surface area contributed by atoms with Gasteiger partial charge in [-0.1, -0.05) is 0 Å². The first kappa shape index (κ1) is 15.9. The van der Waals surface area contributed by atoms with Gasteiger partial charge in [-0.05, 0) is 61.7 Å². The molecule has 1 aliphatic rings. The summed E-state index contributed by atoms with van der Waals surface area (Å²) >= 11 is 6.92. The average Bonchev–Trinajstić information content (AvgIpc) is 3.06. The zero-order valence-electron chi connectivity index (χ0n) is 12.9. The van der Waals surface area contributed by atoms with E-state index in [1.165, 1.54) is 12.0 Å². The van der Waals surface area contributed by atoms with Crippen LogP contribution in [0.5, 0.6) is 0 Å². The third kappa shape index (κ3) is 3.35. The van der Waals surface area contributed by atoms with Crippen LogP contribution in [0.4, 0.5) is 10.8 Å². The number of thiophene rings is 1. The van der Waals surface area contributed by atoms with Crippen LogP contribution in [0.15, 0.2) is 18.3 Å². The van der Waals surface area contributed by atoms with Gasteiger partial charge in [-0.15, -0.1) is 11.3 Å². The van der Waals surface area contributed by atoms with E-state index in [4.69, 9.17) is 17.0 Å². The lowest BCUT2D eigenvalue weighted by Crippen LogP contribution is -2.20. The van der Waals surface area contributed by atoms with E-state index < -0.39 is 0 Å². The summed E-state index contributed by atoms with van der Waals surface area (Å²) in [7, 11) is 1.40. The molecule has 2 N–H and O–H groups in total. The average molecular weight is 347 g/mol. The molecule has 0 aromatic carbocycles. The minimum absolute atomic E-state index is 0.316. The van der Waals surface area contributed by atoms with Crippen molar-refractivity contribution in [1.82, 2.24) is 4.98 Å². The topological polar surface area (TPSA) is 63.2 Å². The van der Waals surface area contributed by atoms with Crippen molar-refractivity contribution < 1.29 is 9.53 Å². The van der Waals surface area contributed by atoms with Crippen LogP contribution < -0.4 is 10.6 Å². The third-order valence-electron chi connectivity index (χ3n) is 3.69. The van der Waals surface area contributed by atoms with Crippen molar-refractivity contribution in [3.63, 3.8) is 0 Å². The lowest BCUT2D eigenvalue weighted by atomic mass is 10.1. The first-order valence-corrected chi connectivity index (χ1v) is 8.54. The molecule has 0 bridgehead atoms. The number of aromatic nitrogens is 1. The van der Waals surface area contributed by atoms with Crippen LogP contribution in [0.2, 0.25) is 0 Å². The Labute approximate surface area is 144 Å². The number of carbonyl (C=O) groups excluding carboxylic acids is 1. The van der Waals surface area contributed by atoms with Crippen molar-refractivity contribution in [3.8, 4) is 0 Å². The largest absolute Gasteiger partial charge is 0.465 e. The highest BCUT2D eigenvalue weighted by atomic mass is 32.1. The number of anilines is 2. The number of pyridine rings is 1. The van der Waals surface area contributed by atoms with Crippen LogP contribution in [0.3, 0.4) is 0 Å². The van der Waals surface area contributed by atoms with Gasteiger partial charge in [0.05, 0.1) is 12.7 Å². The fourth-order valence-corrected chi connectivity index (χ4v) is 4.22. The highest BCUT2D eigenvalue weighted by Gasteiger charge is 2.27. The molecule has 2 aromatic rings. The van der Waals surface area contributed by atoms with E-state index >= 15 is 0 Å². The summed E-state index contributed by atoms with van der Waals surface area (Å²) in [6, 6.07) is 3.82. The second-order valence-corrected chi connectivity index (χ2v) is 6.86. The molecule has 2 aromatic heterocycles. The Balaban J connectivity index is 1.80. The number of rotatable bonds is 3.